The third kappa shape index (κ3) is 11.5. The number of piperidine rings is 1. The fourth-order valence-electron chi connectivity index (χ4n) is 4.89. The summed E-state index contributed by atoms with van der Waals surface area (Å²) in [6.07, 6.45) is 2.47. The molecule has 0 spiro atoms. The summed E-state index contributed by atoms with van der Waals surface area (Å²) >= 11 is 0. The lowest BCUT2D eigenvalue weighted by Gasteiger charge is -2.33. The van der Waals surface area contributed by atoms with Gasteiger partial charge >= 0.3 is 12.1 Å². The number of amides is 1. The molecule has 1 saturated heterocycles. The number of carbonyl (C=O) groups is 1. The number of alkyl halides is 3. The largest absolute Gasteiger partial charge is 0.471 e. The number of carbonyl (C=O) groups excluding carboxylic acids is 1. The summed E-state index contributed by atoms with van der Waals surface area (Å²) in [6.45, 7) is 9.74. The van der Waals surface area contributed by atoms with Crippen molar-refractivity contribution in [3.05, 3.63) is 29.3 Å². The van der Waals surface area contributed by atoms with Crippen LogP contribution in [0.15, 0.2) is 16.7 Å². The number of halogens is 3. The van der Waals surface area contributed by atoms with E-state index in [2.05, 4.69) is 50.2 Å². The molecule has 1 aliphatic rings. The van der Waals surface area contributed by atoms with Crippen molar-refractivity contribution in [1.82, 2.24) is 30.7 Å². The van der Waals surface area contributed by atoms with Crippen LogP contribution in [0.4, 0.5) is 24.9 Å². The zero-order valence-electron chi connectivity index (χ0n) is 24.4. The molecule has 4 N–H and O–H groups in total. The van der Waals surface area contributed by atoms with Crippen LogP contribution >= 0.6 is 0 Å². The summed E-state index contributed by atoms with van der Waals surface area (Å²) in [5.41, 5.74) is 1.49. The maximum Gasteiger partial charge on any atom is 0.471 e. The Kier molecular flexibility index (Phi) is 13.1. The molecule has 1 fully saturated rings. The van der Waals surface area contributed by atoms with E-state index < -0.39 is 12.1 Å². The minimum absolute atomic E-state index is 0.0474. The van der Waals surface area contributed by atoms with E-state index in [0.29, 0.717) is 37.2 Å². The van der Waals surface area contributed by atoms with Crippen LogP contribution in [0.2, 0.25) is 0 Å². The predicted molar refractivity (Wildman–Crippen MR) is 153 cm³/mol. The van der Waals surface area contributed by atoms with Crippen molar-refractivity contribution < 1.29 is 22.5 Å². The van der Waals surface area contributed by atoms with E-state index in [1.807, 2.05) is 13.0 Å². The van der Waals surface area contributed by atoms with Gasteiger partial charge < -0.3 is 30.7 Å². The average molecular weight is 583 g/mol. The highest BCUT2D eigenvalue weighted by atomic mass is 19.4. The van der Waals surface area contributed by atoms with Gasteiger partial charge in [0.05, 0.1) is 6.54 Å². The SMILES string of the molecule is CCCC(CC)NCCCNCCCc1cc(CNc2nc(C)cc(NC3CCN(C(=O)C(F)(F)F)CC3)n2)no1. The fraction of sp³-hybridized carbons (Fsp3) is 0.714. The van der Waals surface area contributed by atoms with Crippen LogP contribution in [0.1, 0.15) is 75.9 Å². The van der Waals surface area contributed by atoms with Gasteiger partial charge in [-0.2, -0.15) is 18.2 Å². The monoisotopic (exact) mass is 582 g/mol. The number of aromatic nitrogens is 3. The third-order valence-electron chi connectivity index (χ3n) is 7.14. The van der Waals surface area contributed by atoms with Crippen molar-refractivity contribution in [2.45, 2.75) is 96.9 Å². The van der Waals surface area contributed by atoms with Crippen LogP contribution in [-0.2, 0) is 17.8 Å². The summed E-state index contributed by atoms with van der Waals surface area (Å²) in [7, 11) is 0. The molecule has 1 atom stereocenters. The van der Waals surface area contributed by atoms with Crippen molar-refractivity contribution in [3.63, 3.8) is 0 Å². The summed E-state index contributed by atoms with van der Waals surface area (Å²) in [5, 5.41) is 17.7. The van der Waals surface area contributed by atoms with Gasteiger partial charge in [-0.25, -0.2) is 4.98 Å². The average Bonchev–Trinajstić information content (AvgIpc) is 3.39. The lowest BCUT2D eigenvalue weighted by molar-refractivity contribution is -0.186. The molecule has 0 aliphatic carbocycles. The molecule has 1 amide bonds. The highest BCUT2D eigenvalue weighted by molar-refractivity contribution is 5.81. The Hall–Kier alpha value is -2.93. The predicted octanol–water partition coefficient (Wildman–Crippen LogP) is 4.43. The topological polar surface area (TPSA) is 120 Å². The number of hydrogen-bond acceptors (Lipinski definition) is 9. The Labute approximate surface area is 240 Å². The van der Waals surface area contributed by atoms with Crippen LogP contribution in [-0.4, -0.2) is 76.9 Å². The minimum atomic E-state index is -4.84. The molecule has 0 bridgehead atoms. The zero-order valence-corrected chi connectivity index (χ0v) is 24.4. The van der Waals surface area contributed by atoms with Crippen LogP contribution in [0.25, 0.3) is 0 Å². The molecule has 230 valence electrons. The van der Waals surface area contributed by atoms with Gasteiger partial charge in [-0.15, -0.1) is 0 Å². The second kappa shape index (κ2) is 16.5. The Morgan fingerprint density at radius 2 is 1.88 bits per heavy atom. The second-order valence-corrected chi connectivity index (χ2v) is 10.6. The van der Waals surface area contributed by atoms with Crippen molar-refractivity contribution in [1.29, 1.82) is 0 Å². The summed E-state index contributed by atoms with van der Waals surface area (Å²) in [6, 6.07) is 4.26. The Bertz CT molecular complexity index is 1060. The molecular weight excluding hydrogens is 537 g/mol. The molecule has 0 radical (unpaired) electrons. The lowest BCUT2D eigenvalue weighted by atomic mass is 10.0. The van der Waals surface area contributed by atoms with E-state index in [0.717, 1.165) is 60.9 Å². The molecular formula is C28H45F3N8O2. The summed E-state index contributed by atoms with van der Waals surface area (Å²) in [4.78, 5) is 21.2. The molecule has 3 rings (SSSR count). The number of nitrogens with zero attached hydrogens (tertiary/aromatic N) is 4. The molecule has 1 aliphatic heterocycles. The van der Waals surface area contributed by atoms with Crippen LogP contribution in [0.3, 0.4) is 0 Å². The quantitative estimate of drug-likeness (QED) is 0.201. The minimum Gasteiger partial charge on any atom is -0.367 e. The molecule has 41 heavy (non-hydrogen) atoms. The van der Waals surface area contributed by atoms with E-state index in [9.17, 15) is 18.0 Å². The van der Waals surface area contributed by atoms with Gasteiger partial charge in [-0.1, -0.05) is 25.4 Å². The van der Waals surface area contributed by atoms with Crippen molar-refractivity contribution in [3.8, 4) is 0 Å². The van der Waals surface area contributed by atoms with E-state index in [-0.39, 0.29) is 19.1 Å². The van der Waals surface area contributed by atoms with Gasteiger partial charge in [0.15, 0.2) is 0 Å². The number of anilines is 2. The van der Waals surface area contributed by atoms with E-state index in [1.165, 1.54) is 19.3 Å². The van der Waals surface area contributed by atoms with E-state index in [4.69, 9.17) is 4.52 Å². The molecule has 3 heterocycles. The highest BCUT2D eigenvalue weighted by Crippen LogP contribution is 2.23. The van der Waals surface area contributed by atoms with Crippen molar-refractivity contribution in [2.24, 2.45) is 0 Å². The summed E-state index contributed by atoms with van der Waals surface area (Å²) < 4.78 is 43.5. The van der Waals surface area contributed by atoms with Crippen LogP contribution in [0, 0.1) is 6.92 Å². The molecule has 13 heteroatoms. The zero-order chi connectivity index (χ0) is 29.7. The van der Waals surface area contributed by atoms with Gasteiger partial charge in [-0.3, -0.25) is 4.79 Å². The smallest absolute Gasteiger partial charge is 0.367 e. The second-order valence-electron chi connectivity index (χ2n) is 10.6. The number of nitrogens with one attached hydrogen (secondary N) is 4. The Balaban J connectivity index is 1.34. The number of rotatable bonds is 17. The number of aryl methyl sites for hydroxylation is 2. The van der Waals surface area contributed by atoms with Gasteiger partial charge in [0.2, 0.25) is 5.95 Å². The number of hydrogen-bond donors (Lipinski definition) is 4. The standard InChI is InChI=1S/C28H45F3N8O2/c1-4-8-21(5-2)33-14-7-13-32-12-6-9-24-18-23(38-41-24)19-34-27-35-20(3)17-25(37-27)36-22-10-15-39(16-11-22)26(40)28(29,30)31/h17-18,21-22,32-33H,4-16,19H2,1-3H3,(H2,34,35,36,37). The Morgan fingerprint density at radius 1 is 1.12 bits per heavy atom. The first kappa shape index (κ1) is 32.6. The fourth-order valence-corrected chi connectivity index (χ4v) is 4.89. The first-order chi connectivity index (χ1) is 19.7. The van der Waals surface area contributed by atoms with Gasteiger partial charge in [0, 0.05) is 49.4 Å². The van der Waals surface area contributed by atoms with Crippen molar-refractivity contribution >= 4 is 17.7 Å². The van der Waals surface area contributed by atoms with Gasteiger partial charge in [0.25, 0.3) is 0 Å². The normalized spacial score (nSPS) is 15.2. The molecule has 0 aromatic carbocycles. The molecule has 2 aromatic rings. The Morgan fingerprint density at radius 3 is 2.59 bits per heavy atom. The first-order valence-electron chi connectivity index (χ1n) is 14.8. The molecule has 2 aromatic heterocycles. The van der Waals surface area contributed by atoms with Crippen molar-refractivity contribution in [2.75, 3.05) is 43.4 Å². The third-order valence-corrected chi connectivity index (χ3v) is 7.14. The highest BCUT2D eigenvalue weighted by Gasteiger charge is 2.43. The van der Waals surface area contributed by atoms with Crippen LogP contribution in [0.5, 0.6) is 0 Å². The molecule has 10 nitrogen and oxygen atoms in total. The molecule has 0 saturated carbocycles. The van der Waals surface area contributed by atoms with E-state index >= 15 is 0 Å². The molecule has 1 unspecified atom stereocenters. The van der Waals surface area contributed by atoms with Gasteiger partial charge in [0.1, 0.15) is 17.3 Å². The number of likely N-dealkylation sites (tertiary alicyclic amines) is 1. The lowest BCUT2D eigenvalue weighted by Crippen LogP contribution is -2.47. The summed E-state index contributed by atoms with van der Waals surface area (Å²) in [5.74, 6) is 0.0501. The van der Waals surface area contributed by atoms with Gasteiger partial charge in [-0.05, 0) is 65.1 Å². The maximum absolute atomic E-state index is 12.7. The van der Waals surface area contributed by atoms with Crippen LogP contribution < -0.4 is 21.3 Å². The maximum atomic E-state index is 12.7. The van der Waals surface area contributed by atoms with E-state index in [1.54, 1.807) is 6.07 Å². The first-order valence-corrected chi connectivity index (χ1v) is 14.8.